The highest BCUT2D eigenvalue weighted by Gasteiger charge is 2.44. The van der Waals surface area contributed by atoms with E-state index in [1.165, 1.54) is 30.5 Å². The lowest BCUT2D eigenvalue weighted by Crippen LogP contribution is -2.30. The van der Waals surface area contributed by atoms with E-state index in [0.717, 1.165) is 10.6 Å². The summed E-state index contributed by atoms with van der Waals surface area (Å²) in [6.07, 6.45) is 0. The van der Waals surface area contributed by atoms with E-state index in [9.17, 15) is 14.7 Å². The SMILES string of the molecule is COc1ccc(CN2C(=O)C(O)=C(C(=O)c3sc(C)nc3C)C2c2ccc(OC)c(OC)c2)cc1. The van der Waals surface area contributed by atoms with Crippen LogP contribution < -0.4 is 14.2 Å². The second-order valence-corrected chi connectivity index (χ2v) is 9.24. The maximum Gasteiger partial charge on any atom is 0.290 e. The first-order valence-corrected chi connectivity index (χ1v) is 11.7. The predicted octanol–water partition coefficient (Wildman–Crippen LogP) is 4.56. The van der Waals surface area contributed by atoms with Gasteiger partial charge in [-0.2, -0.15) is 0 Å². The molecule has 4 rings (SSSR count). The van der Waals surface area contributed by atoms with Crippen molar-refractivity contribution in [1.82, 2.24) is 9.88 Å². The van der Waals surface area contributed by atoms with Crippen LogP contribution in [0.1, 0.15) is 37.5 Å². The fourth-order valence-electron chi connectivity index (χ4n) is 4.21. The molecule has 0 saturated heterocycles. The number of ketones is 1. The summed E-state index contributed by atoms with van der Waals surface area (Å²) >= 11 is 1.24. The molecule has 1 amide bonds. The molecule has 182 valence electrons. The quantitative estimate of drug-likeness (QED) is 0.458. The molecule has 9 heteroatoms. The maximum absolute atomic E-state index is 13.7. The number of amides is 1. The Morgan fingerprint density at radius 3 is 2.29 bits per heavy atom. The lowest BCUT2D eigenvalue weighted by molar-refractivity contribution is -0.130. The highest BCUT2D eigenvalue weighted by Crippen LogP contribution is 2.43. The first-order chi connectivity index (χ1) is 16.8. The number of thiazole rings is 1. The Bertz CT molecular complexity index is 1310. The van der Waals surface area contributed by atoms with Gasteiger partial charge in [-0.3, -0.25) is 9.59 Å². The Morgan fingerprint density at radius 2 is 1.71 bits per heavy atom. The molecule has 2 heterocycles. The summed E-state index contributed by atoms with van der Waals surface area (Å²) in [7, 11) is 4.62. The first kappa shape index (κ1) is 24.3. The summed E-state index contributed by atoms with van der Waals surface area (Å²) < 4.78 is 16.0. The summed E-state index contributed by atoms with van der Waals surface area (Å²) in [4.78, 5) is 33.2. The van der Waals surface area contributed by atoms with Crippen LogP contribution in [0.4, 0.5) is 0 Å². The van der Waals surface area contributed by atoms with Gasteiger partial charge < -0.3 is 24.2 Å². The molecule has 1 aromatic heterocycles. The largest absolute Gasteiger partial charge is 0.503 e. The van der Waals surface area contributed by atoms with E-state index in [1.54, 1.807) is 44.4 Å². The van der Waals surface area contributed by atoms with Crippen LogP contribution in [-0.2, 0) is 11.3 Å². The average Bonchev–Trinajstić information content (AvgIpc) is 3.33. The molecule has 1 aliphatic rings. The third kappa shape index (κ3) is 4.46. The fourth-order valence-corrected chi connectivity index (χ4v) is 5.08. The van der Waals surface area contributed by atoms with Gasteiger partial charge in [0.05, 0.1) is 48.5 Å². The van der Waals surface area contributed by atoms with E-state index < -0.39 is 23.5 Å². The highest BCUT2D eigenvalue weighted by molar-refractivity contribution is 7.14. The number of ether oxygens (including phenoxy) is 3. The molecule has 35 heavy (non-hydrogen) atoms. The summed E-state index contributed by atoms with van der Waals surface area (Å²) in [5.74, 6) is 0.0421. The van der Waals surface area contributed by atoms with Crippen LogP contribution in [0, 0.1) is 13.8 Å². The molecule has 0 spiro atoms. The molecule has 2 aromatic carbocycles. The monoisotopic (exact) mass is 494 g/mol. The van der Waals surface area contributed by atoms with Gasteiger partial charge in [0.15, 0.2) is 17.3 Å². The number of aryl methyl sites for hydroxylation is 2. The summed E-state index contributed by atoms with van der Waals surface area (Å²) in [6.45, 7) is 3.72. The van der Waals surface area contributed by atoms with Crippen molar-refractivity contribution < 1.29 is 28.9 Å². The number of carbonyl (C=O) groups is 2. The van der Waals surface area contributed by atoms with E-state index in [-0.39, 0.29) is 12.1 Å². The van der Waals surface area contributed by atoms with Crippen molar-refractivity contribution >= 4 is 23.0 Å². The molecule has 0 aliphatic carbocycles. The molecule has 0 saturated carbocycles. The molecular weight excluding hydrogens is 468 g/mol. The predicted molar refractivity (Wildman–Crippen MR) is 131 cm³/mol. The minimum atomic E-state index is -0.835. The Labute approximate surface area is 207 Å². The smallest absolute Gasteiger partial charge is 0.290 e. The third-order valence-corrected chi connectivity index (χ3v) is 6.96. The van der Waals surface area contributed by atoms with Gasteiger partial charge in [-0.15, -0.1) is 11.3 Å². The number of methoxy groups -OCH3 is 3. The van der Waals surface area contributed by atoms with Gasteiger partial charge in [-0.1, -0.05) is 18.2 Å². The Kier molecular flexibility index (Phi) is 6.79. The third-order valence-electron chi connectivity index (χ3n) is 5.89. The zero-order valence-corrected chi connectivity index (χ0v) is 20.9. The Balaban J connectivity index is 1.82. The van der Waals surface area contributed by atoms with Crippen molar-refractivity contribution in [2.75, 3.05) is 21.3 Å². The van der Waals surface area contributed by atoms with Crippen molar-refractivity contribution in [1.29, 1.82) is 0 Å². The zero-order chi connectivity index (χ0) is 25.3. The lowest BCUT2D eigenvalue weighted by atomic mass is 9.94. The van der Waals surface area contributed by atoms with Gasteiger partial charge in [0, 0.05) is 6.54 Å². The van der Waals surface area contributed by atoms with Crippen molar-refractivity contribution in [2.24, 2.45) is 0 Å². The van der Waals surface area contributed by atoms with Gasteiger partial charge in [-0.25, -0.2) is 4.98 Å². The highest BCUT2D eigenvalue weighted by atomic mass is 32.1. The van der Waals surface area contributed by atoms with Crippen LogP contribution in [0.25, 0.3) is 0 Å². The van der Waals surface area contributed by atoms with Crippen LogP contribution in [0.3, 0.4) is 0 Å². The Hall–Kier alpha value is -3.85. The number of aliphatic hydroxyl groups is 1. The van der Waals surface area contributed by atoms with Crippen molar-refractivity contribution in [3.8, 4) is 17.2 Å². The minimum absolute atomic E-state index is 0.0162. The van der Waals surface area contributed by atoms with Crippen LogP contribution in [0.5, 0.6) is 17.2 Å². The summed E-state index contributed by atoms with van der Waals surface area (Å²) in [6, 6.07) is 11.6. The van der Waals surface area contributed by atoms with Crippen LogP contribution >= 0.6 is 11.3 Å². The fraction of sp³-hybridized carbons (Fsp3) is 0.269. The molecule has 8 nitrogen and oxygen atoms in total. The summed E-state index contributed by atoms with van der Waals surface area (Å²) in [5.41, 5.74) is 2.00. The number of rotatable bonds is 8. The van der Waals surface area contributed by atoms with E-state index in [1.807, 2.05) is 19.1 Å². The van der Waals surface area contributed by atoms with Crippen LogP contribution in [-0.4, -0.2) is 48.0 Å². The number of Topliss-reactive ketones (excluding diaryl/α,β-unsaturated/α-hetero) is 1. The average molecular weight is 495 g/mol. The summed E-state index contributed by atoms with van der Waals surface area (Å²) in [5, 5.41) is 11.7. The van der Waals surface area contributed by atoms with E-state index in [4.69, 9.17) is 14.2 Å². The van der Waals surface area contributed by atoms with Crippen LogP contribution in [0.2, 0.25) is 0 Å². The van der Waals surface area contributed by atoms with Gasteiger partial charge in [0.25, 0.3) is 5.91 Å². The molecule has 3 aromatic rings. The van der Waals surface area contributed by atoms with Gasteiger partial charge in [0.1, 0.15) is 5.75 Å². The van der Waals surface area contributed by atoms with Gasteiger partial charge >= 0.3 is 0 Å². The van der Waals surface area contributed by atoms with Crippen LogP contribution in [0.15, 0.2) is 53.8 Å². The zero-order valence-electron chi connectivity index (χ0n) is 20.1. The second kappa shape index (κ2) is 9.79. The Morgan fingerprint density at radius 1 is 1.03 bits per heavy atom. The topological polar surface area (TPSA) is 98.2 Å². The number of carbonyl (C=O) groups excluding carboxylic acids is 2. The second-order valence-electron chi connectivity index (χ2n) is 8.04. The normalized spacial score (nSPS) is 15.5. The van der Waals surface area contributed by atoms with Crippen molar-refractivity contribution in [3.63, 3.8) is 0 Å². The maximum atomic E-state index is 13.7. The lowest BCUT2D eigenvalue weighted by Gasteiger charge is -2.27. The molecule has 1 atom stereocenters. The first-order valence-electron chi connectivity index (χ1n) is 10.9. The van der Waals surface area contributed by atoms with E-state index in [2.05, 4.69) is 4.98 Å². The van der Waals surface area contributed by atoms with E-state index in [0.29, 0.717) is 33.4 Å². The number of hydrogen-bond donors (Lipinski definition) is 1. The number of benzene rings is 2. The number of hydrogen-bond acceptors (Lipinski definition) is 8. The minimum Gasteiger partial charge on any atom is -0.503 e. The van der Waals surface area contributed by atoms with Crippen molar-refractivity contribution in [3.05, 3.63) is 80.5 Å². The van der Waals surface area contributed by atoms with Gasteiger partial charge in [0.2, 0.25) is 5.78 Å². The molecule has 1 aliphatic heterocycles. The number of aliphatic hydroxyl groups excluding tert-OH is 1. The molecule has 1 N–H and O–H groups in total. The van der Waals surface area contributed by atoms with Gasteiger partial charge in [-0.05, 0) is 49.2 Å². The molecule has 0 bridgehead atoms. The standard InChI is InChI=1S/C26H26N2O6S/c1-14-25(35-15(2)27-14)23(29)21-22(17-8-11-19(33-4)20(12-17)34-5)28(26(31)24(21)30)13-16-6-9-18(32-3)10-7-16/h6-12,22,30H,13H2,1-5H3. The molecule has 1 unspecified atom stereocenters. The van der Waals surface area contributed by atoms with Crippen molar-refractivity contribution in [2.45, 2.75) is 26.4 Å². The molecular formula is C26H26N2O6S. The molecule has 0 fully saturated rings. The van der Waals surface area contributed by atoms with E-state index >= 15 is 0 Å². The number of nitrogens with zero attached hydrogens (tertiary/aromatic N) is 2. The number of aromatic nitrogens is 1. The molecule has 0 radical (unpaired) electrons.